The molecule has 3 rings (SSSR count). The van der Waals surface area contributed by atoms with Crippen LogP contribution in [0.3, 0.4) is 0 Å². The Kier molecular flexibility index (Phi) is 3.88. The SMILES string of the molecule is C#Cc1cccc(NC(=O)C2=NOC(c3ccccc3)C2)c1. The van der Waals surface area contributed by atoms with Crippen molar-refractivity contribution in [1.29, 1.82) is 0 Å². The highest BCUT2D eigenvalue weighted by Gasteiger charge is 2.27. The van der Waals surface area contributed by atoms with Crippen molar-refractivity contribution in [2.75, 3.05) is 5.32 Å². The van der Waals surface area contributed by atoms with Gasteiger partial charge in [-0.05, 0) is 23.8 Å². The molecule has 2 aromatic rings. The zero-order chi connectivity index (χ0) is 15.4. The molecular formula is C18H14N2O2. The fourth-order valence-corrected chi connectivity index (χ4v) is 2.25. The second-order valence-corrected chi connectivity index (χ2v) is 4.93. The Hall–Kier alpha value is -3.06. The van der Waals surface area contributed by atoms with Gasteiger partial charge in [-0.3, -0.25) is 4.79 Å². The van der Waals surface area contributed by atoms with Gasteiger partial charge in [0.25, 0.3) is 5.91 Å². The van der Waals surface area contributed by atoms with Gasteiger partial charge in [-0.2, -0.15) is 0 Å². The first-order valence-corrected chi connectivity index (χ1v) is 6.92. The third kappa shape index (κ3) is 2.99. The fraction of sp³-hybridized carbons (Fsp3) is 0.111. The Morgan fingerprint density at radius 1 is 1.23 bits per heavy atom. The van der Waals surface area contributed by atoms with Crippen LogP contribution in [0.1, 0.15) is 23.7 Å². The van der Waals surface area contributed by atoms with Crippen LogP contribution in [0, 0.1) is 12.3 Å². The Balaban J connectivity index is 1.65. The minimum absolute atomic E-state index is 0.209. The monoisotopic (exact) mass is 290 g/mol. The van der Waals surface area contributed by atoms with E-state index in [4.69, 9.17) is 11.3 Å². The minimum Gasteiger partial charge on any atom is -0.387 e. The highest BCUT2D eigenvalue weighted by atomic mass is 16.6. The topological polar surface area (TPSA) is 50.7 Å². The van der Waals surface area contributed by atoms with Crippen LogP contribution in [0.5, 0.6) is 0 Å². The molecule has 1 atom stereocenters. The van der Waals surface area contributed by atoms with Crippen LogP contribution in [-0.2, 0) is 9.63 Å². The van der Waals surface area contributed by atoms with Crippen molar-refractivity contribution in [2.24, 2.45) is 5.16 Å². The van der Waals surface area contributed by atoms with Gasteiger partial charge in [0.1, 0.15) is 5.71 Å². The predicted octanol–water partition coefficient (Wildman–Crippen LogP) is 3.12. The van der Waals surface area contributed by atoms with Crippen molar-refractivity contribution in [3.05, 3.63) is 65.7 Å². The van der Waals surface area contributed by atoms with Gasteiger partial charge in [-0.25, -0.2) is 0 Å². The molecule has 108 valence electrons. The molecule has 2 aromatic carbocycles. The molecule has 22 heavy (non-hydrogen) atoms. The molecule has 0 radical (unpaired) electrons. The summed E-state index contributed by atoms with van der Waals surface area (Å²) in [6, 6.07) is 16.8. The smallest absolute Gasteiger partial charge is 0.273 e. The van der Waals surface area contributed by atoms with Crippen molar-refractivity contribution < 1.29 is 9.63 Å². The largest absolute Gasteiger partial charge is 0.387 e. The van der Waals surface area contributed by atoms with Gasteiger partial charge < -0.3 is 10.2 Å². The molecule has 0 aliphatic carbocycles. The molecular weight excluding hydrogens is 276 g/mol. The first-order valence-electron chi connectivity index (χ1n) is 6.92. The molecule has 0 aromatic heterocycles. The maximum absolute atomic E-state index is 12.2. The van der Waals surface area contributed by atoms with Gasteiger partial charge in [-0.1, -0.05) is 47.5 Å². The van der Waals surface area contributed by atoms with Crippen molar-refractivity contribution >= 4 is 17.3 Å². The number of oxime groups is 1. The Labute approximate surface area is 128 Å². The lowest BCUT2D eigenvalue weighted by atomic mass is 10.0. The van der Waals surface area contributed by atoms with E-state index in [1.807, 2.05) is 30.3 Å². The molecule has 1 aliphatic rings. The second-order valence-electron chi connectivity index (χ2n) is 4.93. The maximum atomic E-state index is 12.2. The lowest BCUT2D eigenvalue weighted by molar-refractivity contribution is -0.110. The predicted molar refractivity (Wildman–Crippen MR) is 85.3 cm³/mol. The molecule has 0 saturated carbocycles. The van der Waals surface area contributed by atoms with Crippen LogP contribution in [0.4, 0.5) is 5.69 Å². The summed E-state index contributed by atoms with van der Waals surface area (Å²) in [6.07, 6.45) is 5.59. The van der Waals surface area contributed by atoms with Crippen LogP contribution in [-0.4, -0.2) is 11.6 Å². The van der Waals surface area contributed by atoms with E-state index in [1.165, 1.54) is 0 Å². The van der Waals surface area contributed by atoms with Gasteiger partial charge in [0, 0.05) is 17.7 Å². The summed E-state index contributed by atoms with van der Waals surface area (Å²) >= 11 is 0. The number of carbonyl (C=O) groups is 1. The lowest BCUT2D eigenvalue weighted by Gasteiger charge is -2.07. The summed E-state index contributed by atoms with van der Waals surface area (Å²) < 4.78 is 0. The molecule has 0 spiro atoms. The number of benzene rings is 2. The van der Waals surface area contributed by atoms with Crippen LogP contribution < -0.4 is 5.32 Å². The average Bonchev–Trinajstić information content (AvgIpc) is 3.06. The minimum atomic E-state index is -0.271. The normalized spacial score (nSPS) is 16.3. The number of amides is 1. The third-order valence-electron chi connectivity index (χ3n) is 3.39. The highest BCUT2D eigenvalue weighted by Crippen LogP contribution is 2.27. The summed E-state index contributed by atoms with van der Waals surface area (Å²) in [5.74, 6) is 2.26. The van der Waals surface area contributed by atoms with Crippen molar-refractivity contribution in [3.63, 3.8) is 0 Å². The van der Waals surface area contributed by atoms with E-state index < -0.39 is 0 Å². The molecule has 1 heterocycles. The van der Waals surface area contributed by atoms with Gasteiger partial charge in [0.2, 0.25) is 0 Å². The van der Waals surface area contributed by atoms with E-state index in [1.54, 1.807) is 24.3 Å². The van der Waals surface area contributed by atoms with Gasteiger partial charge >= 0.3 is 0 Å². The van der Waals surface area contributed by atoms with Crippen LogP contribution in [0.15, 0.2) is 59.8 Å². The zero-order valence-corrected chi connectivity index (χ0v) is 11.8. The molecule has 0 bridgehead atoms. The van der Waals surface area contributed by atoms with E-state index in [-0.39, 0.29) is 12.0 Å². The zero-order valence-electron chi connectivity index (χ0n) is 11.8. The van der Waals surface area contributed by atoms with E-state index in [9.17, 15) is 4.79 Å². The summed E-state index contributed by atoms with van der Waals surface area (Å²) in [6.45, 7) is 0. The van der Waals surface area contributed by atoms with Gasteiger partial charge in [0.05, 0.1) is 0 Å². The van der Waals surface area contributed by atoms with Gasteiger partial charge in [0.15, 0.2) is 6.10 Å². The van der Waals surface area contributed by atoms with Gasteiger partial charge in [-0.15, -0.1) is 6.42 Å². The summed E-state index contributed by atoms with van der Waals surface area (Å²) in [4.78, 5) is 17.6. The van der Waals surface area contributed by atoms with Crippen molar-refractivity contribution in [1.82, 2.24) is 0 Å². The number of rotatable bonds is 3. The molecule has 1 N–H and O–H groups in total. The van der Waals surface area contributed by atoms with E-state index in [0.717, 1.165) is 5.56 Å². The third-order valence-corrected chi connectivity index (χ3v) is 3.39. The first-order chi connectivity index (χ1) is 10.8. The molecule has 1 amide bonds. The Bertz CT molecular complexity index is 760. The van der Waals surface area contributed by atoms with Crippen molar-refractivity contribution in [2.45, 2.75) is 12.5 Å². The van der Waals surface area contributed by atoms with Crippen LogP contribution in [0.25, 0.3) is 0 Å². The number of nitrogens with one attached hydrogen (secondary N) is 1. The number of nitrogens with zero attached hydrogens (tertiary/aromatic N) is 1. The Morgan fingerprint density at radius 3 is 2.82 bits per heavy atom. The number of carbonyl (C=O) groups excluding carboxylic acids is 1. The summed E-state index contributed by atoms with van der Waals surface area (Å²) in [5, 5.41) is 6.68. The number of anilines is 1. The average molecular weight is 290 g/mol. The maximum Gasteiger partial charge on any atom is 0.273 e. The lowest BCUT2D eigenvalue weighted by Crippen LogP contribution is -2.21. The van der Waals surface area contributed by atoms with E-state index in [0.29, 0.717) is 23.4 Å². The van der Waals surface area contributed by atoms with Crippen LogP contribution >= 0.6 is 0 Å². The number of hydrogen-bond donors (Lipinski definition) is 1. The quantitative estimate of drug-likeness (QED) is 0.883. The molecule has 0 fully saturated rings. The number of hydrogen-bond acceptors (Lipinski definition) is 3. The molecule has 0 saturated heterocycles. The highest BCUT2D eigenvalue weighted by molar-refractivity contribution is 6.43. The standard InChI is InChI=1S/C18H14N2O2/c1-2-13-7-6-10-15(11-13)19-18(21)16-12-17(22-20-16)14-8-4-3-5-9-14/h1,3-11,17H,12H2,(H,19,21). The second kappa shape index (κ2) is 6.15. The molecule has 4 nitrogen and oxygen atoms in total. The summed E-state index contributed by atoms with van der Waals surface area (Å²) in [5.41, 5.74) is 2.74. The van der Waals surface area contributed by atoms with Crippen LogP contribution in [0.2, 0.25) is 0 Å². The van der Waals surface area contributed by atoms with Crippen molar-refractivity contribution in [3.8, 4) is 12.3 Å². The summed E-state index contributed by atoms with van der Waals surface area (Å²) in [7, 11) is 0. The number of terminal acetylenes is 1. The first kappa shape index (κ1) is 13.9. The fourth-order valence-electron chi connectivity index (χ4n) is 2.25. The van der Waals surface area contributed by atoms with E-state index >= 15 is 0 Å². The molecule has 1 aliphatic heterocycles. The molecule has 4 heteroatoms. The Morgan fingerprint density at radius 2 is 2.05 bits per heavy atom. The van der Waals surface area contributed by atoms with E-state index in [2.05, 4.69) is 16.4 Å². The molecule has 1 unspecified atom stereocenters.